The van der Waals surface area contributed by atoms with E-state index < -0.39 is 24.1 Å². The lowest BCUT2D eigenvalue weighted by Gasteiger charge is -2.16. The van der Waals surface area contributed by atoms with Gasteiger partial charge in [0.15, 0.2) is 11.4 Å². The summed E-state index contributed by atoms with van der Waals surface area (Å²) in [4.78, 5) is 27.8. The molecule has 2 fully saturated rings. The Bertz CT molecular complexity index is 1440. The van der Waals surface area contributed by atoms with Crippen LogP contribution in [0, 0.1) is 11.3 Å². The first kappa shape index (κ1) is 22.0. The Kier molecular flexibility index (Phi) is 5.16. The molecule has 35 heavy (non-hydrogen) atoms. The van der Waals surface area contributed by atoms with Crippen molar-refractivity contribution in [2.75, 3.05) is 10.6 Å². The lowest BCUT2D eigenvalue weighted by molar-refractivity contribution is -0.274. The summed E-state index contributed by atoms with van der Waals surface area (Å²) in [5.41, 5.74) is 0.556. The number of carbonyl (C=O) groups excluding carboxylic acids is 2. The number of anilines is 3. The van der Waals surface area contributed by atoms with Gasteiger partial charge in [-0.2, -0.15) is 14.9 Å². The predicted molar refractivity (Wildman–Crippen MR) is 115 cm³/mol. The molecule has 1 saturated carbocycles. The van der Waals surface area contributed by atoms with Gasteiger partial charge in [0, 0.05) is 23.7 Å². The van der Waals surface area contributed by atoms with Crippen molar-refractivity contribution in [1.29, 1.82) is 5.26 Å². The van der Waals surface area contributed by atoms with Crippen LogP contribution in [0.4, 0.5) is 35.3 Å². The zero-order valence-corrected chi connectivity index (χ0v) is 17.6. The van der Waals surface area contributed by atoms with Crippen molar-refractivity contribution < 1.29 is 27.5 Å². The fourth-order valence-electron chi connectivity index (χ4n) is 3.37. The summed E-state index contributed by atoms with van der Waals surface area (Å²) in [6.07, 6.45) is -0.265. The number of alkyl halides is 3. The van der Waals surface area contributed by atoms with Gasteiger partial charge in [0.25, 0.3) is 5.91 Å². The predicted octanol–water partition coefficient (Wildman–Crippen LogP) is 3.00. The van der Waals surface area contributed by atoms with Crippen LogP contribution in [0.15, 0.2) is 36.2 Å². The highest BCUT2D eigenvalue weighted by Gasteiger charge is 2.32. The number of hydrogen-bond donors (Lipinski definition) is 4. The Labute approximate surface area is 194 Å². The van der Waals surface area contributed by atoms with Crippen LogP contribution in [0.2, 0.25) is 0 Å². The van der Waals surface area contributed by atoms with Crippen LogP contribution in [0.5, 0.6) is 5.75 Å². The molecule has 0 unspecified atom stereocenters. The van der Waals surface area contributed by atoms with E-state index in [-0.39, 0.29) is 34.5 Å². The molecule has 0 atom stereocenters. The number of ether oxygens (including phenoxy) is 1. The number of rotatable bonds is 6. The molecule has 1 saturated heterocycles. The quantitative estimate of drug-likeness (QED) is 0.309. The molecule has 3 amide bonds. The van der Waals surface area contributed by atoms with Crippen molar-refractivity contribution in [2.45, 2.75) is 25.2 Å². The first-order valence-electron chi connectivity index (χ1n) is 10.2. The number of hydrogen-bond acceptors (Lipinski definition) is 8. The topological polar surface area (TPSA) is 145 Å². The lowest BCUT2D eigenvalue weighted by Crippen LogP contribution is -2.22. The van der Waals surface area contributed by atoms with Crippen LogP contribution in [0.3, 0.4) is 0 Å². The fraction of sp³-hybridized carbons (Fsp3) is 0.190. The fourth-order valence-corrected chi connectivity index (χ4v) is 3.37. The normalized spacial score (nSPS) is 16.7. The van der Waals surface area contributed by atoms with E-state index >= 15 is 0 Å². The Morgan fingerprint density at radius 3 is 2.69 bits per heavy atom. The van der Waals surface area contributed by atoms with Gasteiger partial charge in [0.05, 0.1) is 23.5 Å². The van der Waals surface area contributed by atoms with Crippen LogP contribution in [0.1, 0.15) is 24.0 Å². The third-order valence-corrected chi connectivity index (χ3v) is 5.05. The van der Waals surface area contributed by atoms with Crippen molar-refractivity contribution in [3.63, 3.8) is 0 Å². The van der Waals surface area contributed by atoms with Crippen LogP contribution < -0.4 is 26.0 Å². The van der Waals surface area contributed by atoms with Crippen LogP contribution in [-0.2, 0) is 4.79 Å². The van der Waals surface area contributed by atoms with Crippen molar-refractivity contribution in [2.24, 2.45) is 0 Å². The number of amides is 3. The highest BCUT2D eigenvalue weighted by Crippen LogP contribution is 2.34. The molecule has 178 valence electrons. The summed E-state index contributed by atoms with van der Waals surface area (Å²) in [6, 6.07) is 6.45. The summed E-state index contributed by atoms with van der Waals surface area (Å²) in [5.74, 6) is -0.559. The molecule has 4 N–H and O–H groups in total. The average Bonchev–Trinajstić information content (AvgIpc) is 3.42. The van der Waals surface area contributed by atoms with Gasteiger partial charge in [-0.3, -0.25) is 10.1 Å². The number of benzene rings is 1. The second-order valence-corrected chi connectivity index (χ2v) is 7.74. The maximum absolute atomic E-state index is 12.9. The average molecular weight is 484 g/mol. The van der Waals surface area contributed by atoms with Crippen molar-refractivity contribution in [1.82, 2.24) is 25.2 Å². The minimum absolute atomic E-state index is 0.00489. The number of nitriles is 1. The highest BCUT2D eigenvalue weighted by atomic mass is 19.4. The van der Waals surface area contributed by atoms with Crippen LogP contribution >= 0.6 is 0 Å². The number of carbonyl (C=O) groups is 2. The van der Waals surface area contributed by atoms with E-state index in [0.29, 0.717) is 11.4 Å². The molecule has 1 aliphatic heterocycles. The summed E-state index contributed by atoms with van der Waals surface area (Å²) >= 11 is 0. The number of nitrogens with zero attached hydrogens (tertiary/aromatic N) is 4. The third-order valence-electron chi connectivity index (χ3n) is 5.05. The molecule has 0 radical (unpaired) electrons. The van der Waals surface area contributed by atoms with E-state index in [9.17, 15) is 22.8 Å². The summed E-state index contributed by atoms with van der Waals surface area (Å²) in [5, 5.41) is 23.9. The molecule has 3 aromatic rings. The van der Waals surface area contributed by atoms with Gasteiger partial charge < -0.3 is 20.7 Å². The van der Waals surface area contributed by atoms with E-state index in [1.54, 1.807) is 12.1 Å². The second kappa shape index (κ2) is 8.20. The molecule has 11 nitrogen and oxygen atoms in total. The molecule has 2 aliphatic rings. The second-order valence-electron chi connectivity index (χ2n) is 7.74. The van der Waals surface area contributed by atoms with Gasteiger partial charge >= 0.3 is 12.4 Å². The number of urea groups is 1. The maximum atomic E-state index is 12.9. The first-order chi connectivity index (χ1) is 16.7. The Balaban J connectivity index is 1.57. The molecule has 2 aromatic heterocycles. The minimum Gasteiger partial charge on any atom is -0.404 e. The van der Waals surface area contributed by atoms with Crippen LogP contribution in [-0.4, -0.2) is 38.9 Å². The zero-order chi connectivity index (χ0) is 24.7. The first-order valence-corrected chi connectivity index (χ1v) is 10.2. The Hall–Kier alpha value is -4.80. The third kappa shape index (κ3) is 4.78. The van der Waals surface area contributed by atoms with Gasteiger partial charge in [-0.05, 0) is 31.1 Å². The SMILES string of the molecule is N#Cc1ccc(Nc2cc(NC3CC3)n3ncc(/C=C4\NC(=O)NC4=O)c3n2)c(OC(F)(F)F)c1. The lowest BCUT2D eigenvalue weighted by atomic mass is 10.2. The van der Waals surface area contributed by atoms with Gasteiger partial charge in [0.1, 0.15) is 17.3 Å². The van der Waals surface area contributed by atoms with E-state index in [1.807, 2.05) is 0 Å². The molecular formula is C21H15F3N8O3. The van der Waals surface area contributed by atoms with E-state index in [0.717, 1.165) is 18.9 Å². The smallest absolute Gasteiger partial charge is 0.404 e. The maximum Gasteiger partial charge on any atom is 0.573 e. The van der Waals surface area contributed by atoms with Gasteiger partial charge in [-0.1, -0.05) is 0 Å². The van der Waals surface area contributed by atoms with Crippen molar-refractivity contribution in [3.05, 3.63) is 47.3 Å². The van der Waals surface area contributed by atoms with E-state index in [1.165, 1.54) is 28.9 Å². The number of imide groups is 1. The van der Waals surface area contributed by atoms with E-state index in [2.05, 4.69) is 36.1 Å². The summed E-state index contributed by atoms with van der Waals surface area (Å²) in [7, 11) is 0. The Morgan fingerprint density at radius 2 is 2.03 bits per heavy atom. The summed E-state index contributed by atoms with van der Waals surface area (Å²) < 4.78 is 44.4. The van der Waals surface area contributed by atoms with Gasteiger partial charge in [0.2, 0.25) is 0 Å². The molecule has 3 heterocycles. The molecule has 1 aliphatic carbocycles. The Morgan fingerprint density at radius 1 is 1.23 bits per heavy atom. The number of aromatic nitrogens is 3. The van der Waals surface area contributed by atoms with Gasteiger partial charge in [-0.15, -0.1) is 13.2 Å². The van der Waals surface area contributed by atoms with Gasteiger partial charge in [-0.25, -0.2) is 9.78 Å². The molecule has 14 heteroatoms. The molecular weight excluding hydrogens is 469 g/mol. The summed E-state index contributed by atoms with van der Waals surface area (Å²) in [6.45, 7) is 0. The molecule has 5 rings (SSSR count). The van der Waals surface area contributed by atoms with Crippen molar-refractivity contribution in [3.8, 4) is 11.8 Å². The van der Waals surface area contributed by atoms with Crippen molar-refractivity contribution >= 4 is 41.0 Å². The number of halogens is 3. The highest BCUT2D eigenvalue weighted by molar-refractivity contribution is 6.14. The molecule has 1 aromatic carbocycles. The monoisotopic (exact) mass is 484 g/mol. The number of nitrogens with one attached hydrogen (secondary N) is 4. The van der Waals surface area contributed by atoms with Crippen LogP contribution in [0.25, 0.3) is 11.7 Å². The zero-order valence-electron chi connectivity index (χ0n) is 17.6. The number of fused-ring (bicyclic) bond motifs is 1. The molecule has 0 spiro atoms. The standard InChI is InChI=1S/C21H15F3N8O3/c22-21(23,24)35-15-5-10(8-25)1-4-13(15)28-16-7-17(27-12-2-3-12)32-18(30-16)11(9-26-32)6-14-19(33)31-20(34)29-14/h1,4-7,9,12,27H,2-3H2,(H,28,30)(H2,29,31,33,34)/b14-6-. The molecule has 0 bridgehead atoms. The minimum atomic E-state index is -4.97. The van der Waals surface area contributed by atoms with E-state index in [4.69, 9.17) is 5.26 Å². The largest absolute Gasteiger partial charge is 0.573 e.